The van der Waals surface area contributed by atoms with Gasteiger partial charge in [0.05, 0.1) is 27.4 Å². The highest BCUT2D eigenvalue weighted by Gasteiger charge is 2.42. The first-order chi connectivity index (χ1) is 26.5. The van der Waals surface area contributed by atoms with Crippen molar-refractivity contribution in [3.05, 3.63) is 128 Å². The van der Waals surface area contributed by atoms with E-state index < -0.39 is 28.1 Å². The standard InChI is InChI=1S/C40H33Cl2N5O6S2/c1-24-39(54-40(44)46-24)55(49,50)47-21-30-19-36-35(18-29(30)17-34(47)38(48)45-15-3-2-4-25-5-7-26(20-43)8-6-25)52-23-37(53-36)28-10-12-31(13-11-28)51-22-27-9-14-32(41)33(42)16-27/h5-14,16,18-19,34,37H,3,15,17,21-23H2,1H3,(H2,44,46)(H,45,48). The molecule has 2 aliphatic heterocycles. The van der Waals surface area contributed by atoms with E-state index in [4.69, 9.17) is 48.4 Å². The van der Waals surface area contributed by atoms with Crippen LogP contribution in [0.2, 0.25) is 10.0 Å². The number of anilines is 1. The quantitative estimate of drug-likeness (QED) is 0.118. The normalized spacial score (nSPS) is 16.3. The molecule has 11 nitrogen and oxygen atoms in total. The van der Waals surface area contributed by atoms with E-state index >= 15 is 0 Å². The van der Waals surface area contributed by atoms with Gasteiger partial charge in [0.15, 0.2) is 26.9 Å². The van der Waals surface area contributed by atoms with Crippen molar-refractivity contribution in [2.45, 2.75) is 49.3 Å². The number of hydrogen-bond acceptors (Lipinski definition) is 10. The number of sulfonamides is 1. The lowest BCUT2D eigenvalue weighted by Gasteiger charge is -2.36. The number of nitriles is 1. The Kier molecular flexibility index (Phi) is 11.2. The van der Waals surface area contributed by atoms with Crippen molar-refractivity contribution in [1.82, 2.24) is 14.6 Å². The highest BCUT2D eigenvalue weighted by atomic mass is 35.5. The molecule has 0 radical (unpaired) electrons. The van der Waals surface area contributed by atoms with Crippen LogP contribution in [0.5, 0.6) is 17.2 Å². The van der Waals surface area contributed by atoms with E-state index in [-0.39, 0.29) is 41.2 Å². The molecule has 4 aromatic carbocycles. The first kappa shape index (κ1) is 38.0. The van der Waals surface area contributed by atoms with E-state index in [1.807, 2.05) is 36.4 Å². The minimum atomic E-state index is -4.19. The van der Waals surface area contributed by atoms with Gasteiger partial charge in [-0.3, -0.25) is 4.79 Å². The number of carbonyl (C=O) groups excluding carboxylic acids is 1. The molecule has 3 heterocycles. The number of aryl methyl sites for hydroxylation is 1. The van der Waals surface area contributed by atoms with Crippen LogP contribution in [0.15, 0.2) is 83.1 Å². The number of aromatic nitrogens is 1. The van der Waals surface area contributed by atoms with Crippen molar-refractivity contribution in [3.8, 4) is 35.2 Å². The number of nitrogens with two attached hydrogens (primary N) is 1. The van der Waals surface area contributed by atoms with Crippen LogP contribution in [0.4, 0.5) is 5.13 Å². The molecular formula is C40H33Cl2N5O6S2. The summed E-state index contributed by atoms with van der Waals surface area (Å²) in [5.41, 5.74) is 10.7. The van der Waals surface area contributed by atoms with Crippen LogP contribution in [0.3, 0.4) is 0 Å². The molecule has 2 unspecified atom stereocenters. The lowest BCUT2D eigenvalue weighted by Crippen LogP contribution is -2.52. The highest BCUT2D eigenvalue weighted by molar-refractivity contribution is 7.91. The Bertz CT molecular complexity index is 2470. The summed E-state index contributed by atoms with van der Waals surface area (Å²) < 4.78 is 48.0. The summed E-state index contributed by atoms with van der Waals surface area (Å²) in [5.74, 6) is 7.21. The highest BCUT2D eigenvalue weighted by Crippen LogP contribution is 2.42. The molecule has 3 N–H and O–H groups in total. The van der Waals surface area contributed by atoms with Gasteiger partial charge in [-0.1, -0.05) is 64.6 Å². The van der Waals surface area contributed by atoms with Crippen molar-refractivity contribution in [2.24, 2.45) is 0 Å². The van der Waals surface area contributed by atoms with Gasteiger partial charge in [-0.05, 0) is 96.3 Å². The summed E-state index contributed by atoms with van der Waals surface area (Å²) in [6, 6.07) is 24.4. The number of halogens is 2. The molecule has 1 amide bonds. The van der Waals surface area contributed by atoms with Crippen molar-refractivity contribution in [3.63, 3.8) is 0 Å². The number of hydrogen-bond donors (Lipinski definition) is 2. The molecule has 0 fully saturated rings. The Hall–Kier alpha value is -5.28. The van der Waals surface area contributed by atoms with Gasteiger partial charge >= 0.3 is 0 Å². The van der Waals surface area contributed by atoms with E-state index in [1.54, 1.807) is 49.4 Å². The second-order valence-electron chi connectivity index (χ2n) is 12.8. The predicted octanol–water partition coefficient (Wildman–Crippen LogP) is 6.98. The topological polar surface area (TPSA) is 157 Å². The molecule has 0 aliphatic carbocycles. The number of nitrogen functional groups attached to an aromatic ring is 1. The number of amides is 1. The van der Waals surface area contributed by atoms with Crippen LogP contribution >= 0.6 is 34.5 Å². The van der Waals surface area contributed by atoms with Gasteiger partial charge in [-0.15, -0.1) is 0 Å². The van der Waals surface area contributed by atoms with Crippen molar-refractivity contribution in [2.75, 3.05) is 18.9 Å². The number of nitrogens with one attached hydrogen (secondary N) is 1. The molecule has 0 bridgehead atoms. The molecule has 0 saturated heterocycles. The zero-order valence-corrected chi connectivity index (χ0v) is 32.5. The van der Waals surface area contributed by atoms with Crippen LogP contribution < -0.4 is 25.3 Å². The SMILES string of the molecule is Cc1nc(N)sc1S(=O)(=O)N1Cc2cc3c(cc2CC1C(=O)NCCC#Cc1ccc(C#N)cc1)OCC(c1ccc(OCc2ccc(Cl)c(Cl)c2)cc1)O3. The average molecular weight is 815 g/mol. The number of thiazole rings is 1. The Balaban J connectivity index is 1.06. The number of benzene rings is 4. The van der Waals surface area contributed by atoms with Crippen LogP contribution in [0, 0.1) is 30.1 Å². The first-order valence-corrected chi connectivity index (χ1v) is 20.1. The van der Waals surface area contributed by atoms with Crippen molar-refractivity contribution in [1.29, 1.82) is 5.26 Å². The van der Waals surface area contributed by atoms with Crippen molar-refractivity contribution < 1.29 is 27.4 Å². The molecule has 5 aromatic rings. The van der Waals surface area contributed by atoms with Gasteiger partial charge in [0.2, 0.25) is 5.91 Å². The second-order valence-corrected chi connectivity index (χ2v) is 16.7. The minimum absolute atomic E-state index is 0.0125. The fourth-order valence-electron chi connectivity index (χ4n) is 6.25. The summed E-state index contributed by atoms with van der Waals surface area (Å²) >= 11 is 13.0. The summed E-state index contributed by atoms with van der Waals surface area (Å²) in [6.07, 6.45) is 0.00845. The smallest absolute Gasteiger partial charge is 0.255 e. The van der Waals surface area contributed by atoms with E-state index in [9.17, 15) is 13.2 Å². The van der Waals surface area contributed by atoms with E-state index in [0.29, 0.717) is 51.4 Å². The number of ether oxygens (including phenoxy) is 3. The third kappa shape index (κ3) is 8.52. The third-order valence-corrected chi connectivity index (χ3v) is 13.2. The summed E-state index contributed by atoms with van der Waals surface area (Å²) in [5, 5.41) is 12.9. The molecule has 280 valence electrons. The Labute approximate surface area is 332 Å². The van der Waals surface area contributed by atoms with Crippen LogP contribution in [0.1, 0.15) is 51.6 Å². The lowest BCUT2D eigenvalue weighted by molar-refractivity contribution is -0.125. The Morgan fingerprint density at radius 3 is 2.49 bits per heavy atom. The summed E-state index contributed by atoms with van der Waals surface area (Å²) in [7, 11) is -4.19. The maximum Gasteiger partial charge on any atom is 0.255 e. The Morgan fingerprint density at radius 1 is 1.04 bits per heavy atom. The van der Waals surface area contributed by atoms with Crippen LogP contribution in [-0.4, -0.2) is 42.8 Å². The van der Waals surface area contributed by atoms with Gasteiger partial charge in [0.1, 0.15) is 25.0 Å². The van der Waals surface area contributed by atoms with Crippen LogP contribution in [-0.2, 0) is 34.4 Å². The number of nitrogens with zero attached hydrogens (tertiary/aromatic N) is 3. The monoisotopic (exact) mass is 813 g/mol. The second kappa shape index (κ2) is 16.2. The number of rotatable bonds is 9. The van der Waals surface area contributed by atoms with Gasteiger partial charge in [-0.25, -0.2) is 13.4 Å². The molecule has 0 spiro atoms. The van der Waals surface area contributed by atoms with E-state index in [0.717, 1.165) is 33.6 Å². The molecular weight excluding hydrogens is 782 g/mol. The largest absolute Gasteiger partial charge is 0.489 e. The van der Waals surface area contributed by atoms with Crippen LogP contribution in [0.25, 0.3) is 0 Å². The molecule has 2 aliphatic rings. The van der Waals surface area contributed by atoms with E-state index in [1.165, 1.54) is 4.31 Å². The number of carbonyl (C=O) groups is 1. The third-order valence-electron chi connectivity index (χ3n) is 9.07. The van der Waals surface area contributed by atoms with Gasteiger partial charge < -0.3 is 25.3 Å². The molecule has 0 saturated carbocycles. The zero-order valence-electron chi connectivity index (χ0n) is 29.3. The van der Waals surface area contributed by atoms with Crippen molar-refractivity contribution >= 4 is 55.6 Å². The molecule has 55 heavy (non-hydrogen) atoms. The average Bonchev–Trinajstić information content (AvgIpc) is 3.55. The lowest BCUT2D eigenvalue weighted by atomic mass is 9.94. The predicted molar refractivity (Wildman–Crippen MR) is 210 cm³/mol. The maximum atomic E-state index is 14.2. The first-order valence-electron chi connectivity index (χ1n) is 17.1. The molecule has 2 atom stereocenters. The summed E-state index contributed by atoms with van der Waals surface area (Å²) in [4.78, 5) is 17.9. The Morgan fingerprint density at radius 2 is 1.78 bits per heavy atom. The maximum absolute atomic E-state index is 14.2. The fraction of sp³-hybridized carbons (Fsp3) is 0.225. The fourth-order valence-corrected chi connectivity index (χ4v) is 9.55. The van der Waals surface area contributed by atoms with E-state index in [2.05, 4.69) is 28.2 Å². The molecule has 1 aromatic heterocycles. The molecule has 15 heteroatoms. The zero-order chi connectivity index (χ0) is 38.7. The minimum Gasteiger partial charge on any atom is -0.489 e. The summed E-state index contributed by atoms with van der Waals surface area (Å²) in [6.45, 7) is 2.26. The molecule has 7 rings (SSSR count). The van der Waals surface area contributed by atoms with Gasteiger partial charge in [-0.2, -0.15) is 9.57 Å². The number of fused-ring (bicyclic) bond motifs is 2. The van der Waals surface area contributed by atoms with Gasteiger partial charge in [0, 0.05) is 25.1 Å². The van der Waals surface area contributed by atoms with Gasteiger partial charge in [0.25, 0.3) is 10.0 Å².